The van der Waals surface area contributed by atoms with Gasteiger partial charge in [0.1, 0.15) is 0 Å². The van der Waals surface area contributed by atoms with Gasteiger partial charge in [-0.2, -0.15) is 5.10 Å². The number of aromatic nitrogens is 2. The lowest BCUT2D eigenvalue weighted by atomic mass is 9.89. The highest BCUT2D eigenvalue weighted by molar-refractivity contribution is 6.30. The van der Waals surface area contributed by atoms with Gasteiger partial charge in [-0.1, -0.05) is 24.4 Å². The molecule has 3 rings (SSSR count). The molecule has 5 heteroatoms. The normalized spacial score (nSPS) is 30.6. The molecule has 2 aliphatic rings. The summed E-state index contributed by atoms with van der Waals surface area (Å²) in [5.41, 5.74) is 0. The molecule has 4 nitrogen and oxygen atoms in total. The molecule has 106 valence electrons. The Morgan fingerprint density at radius 2 is 1.89 bits per heavy atom. The Balaban J connectivity index is 1.57. The van der Waals surface area contributed by atoms with Gasteiger partial charge < -0.3 is 5.11 Å². The van der Waals surface area contributed by atoms with Crippen molar-refractivity contribution in [3.05, 3.63) is 17.4 Å². The van der Waals surface area contributed by atoms with E-state index < -0.39 is 0 Å². The number of piperidine rings is 1. The molecule has 1 N–H and O–H groups in total. The average Bonchev–Trinajstić information content (AvgIpc) is 2.86. The molecule has 0 spiro atoms. The molecule has 2 heterocycles. The summed E-state index contributed by atoms with van der Waals surface area (Å²) in [4.78, 5) is 2.48. The van der Waals surface area contributed by atoms with Gasteiger partial charge in [0, 0.05) is 25.3 Å². The summed E-state index contributed by atoms with van der Waals surface area (Å²) in [6, 6.07) is 0.848. The van der Waals surface area contributed by atoms with Crippen molar-refractivity contribution >= 4 is 11.6 Å². The molecule has 1 aromatic heterocycles. The highest BCUT2D eigenvalue weighted by Crippen LogP contribution is 2.29. The van der Waals surface area contributed by atoms with E-state index in [0.717, 1.165) is 38.8 Å². The molecule has 19 heavy (non-hydrogen) atoms. The van der Waals surface area contributed by atoms with Crippen molar-refractivity contribution in [3.8, 4) is 0 Å². The molecular formula is C14H22ClN3O. The Morgan fingerprint density at radius 3 is 2.53 bits per heavy atom. The third kappa shape index (κ3) is 2.96. The number of aliphatic hydroxyl groups excluding tert-OH is 1. The molecule has 0 bridgehead atoms. The summed E-state index contributed by atoms with van der Waals surface area (Å²) in [7, 11) is 0. The third-order valence-electron chi connectivity index (χ3n) is 4.61. The van der Waals surface area contributed by atoms with Gasteiger partial charge in [-0.3, -0.25) is 9.58 Å². The minimum Gasteiger partial charge on any atom is -0.391 e. The number of hydrogen-bond acceptors (Lipinski definition) is 3. The van der Waals surface area contributed by atoms with Crippen LogP contribution < -0.4 is 0 Å². The van der Waals surface area contributed by atoms with Crippen molar-refractivity contribution in [2.45, 2.75) is 56.7 Å². The van der Waals surface area contributed by atoms with Crippen LogP contribution in [0.3, 0.4) is 0 Å². The second-order valence-electron chi connectivity index (χ2n) is 5.82. The Bertz CT molecular complexity index is 415. The monoisotopic (exact) mass is 283 g/mol. The highest BCUT2D eigenvalue weighted by Gasteiger charge is 2.31. The molecule has 2 atom stereocenters. The Hall–Kier alpha value is -0.580. The van der Waals surface area contributed by atoms with Gasteiger partial charge >= 0.3 is 0 Å². The van der Waals surface area contributed by atoms with Crippen LogP contribution in [0, 0.1) is 0 Å². The fraction of sp³-hybridized carbons (Fsp3) is 0.786. The summed E-state index contributed by atoms with van der Waals surface area (Å²) in [5.74, 6) is 0. The third-order valence-corrected chi connectivity index (χ3v) is 4.80. The van der Waals surface area contributed by atoms with Gasteiger partial charge in [-0.15, -0.1) is 0 Å². The molecule has 0 aromatic carbocycles. The maximum atomic E-state index is 10.1. The highest BCUT2D eigenvalue weighted by atomic mass is 35.5. The fourth-order valence-corrected chi connectivity index (χ4v) is 3.66. The molecule has 2 fully saturated rings. The van der Waals surface area contributed by atoms with Crippen LogP contribution in [0.15, 0.2) is 12.4 Å². The lowest BCUT2D eigenvalue weighted by Crippen LogP contribution is -2.49. The predicted octanol–water partition coefficient (Wildman–Crippen LogP) is 2.48. The molecule has 1 saturated heterocycles. The van der Waals surface area contributed by atoms with E-state index in [9.17, 15) is 5.11 Å². The summed E-state index contributed by atoms with van der Waals surface area (Å²) in [6.07, 6.45) is 10.3. The number of hydrogen-bond donors (Lipinski definition) is 1. The van der Waals surface area contributed by atoms with E-state index in [1.54, 1.807) is 6.20 Å². The summed E-state index contributed by atoms with van der Waals surface area (Å²) in [6.45, 7) is 2.12. The Morgan fingerprint density at radius 1 is 1.16 bits per heavy atom. The minimum atomic E-state index is -0.121. The zero-order valence-electron chi connectivity index (χ0n) is 11.2. The molecule has 2 unspecified atom stereocenters. The van der Waals surface area contributed by atoms with E-state index in [2.05, 4.69) is 10.00 Å². The van der Waals surface area contributed by atoms with Crippen molar-refractivity contribution in [1.82, 2.24) is 14.7 Å². The number of aliphatic hydroxyl groups is 1. The van der Waals surface area contributed by atoms with Crippen LogP contribution in [0.25, 0.3) is 0 Å². The first kappa shape index (κ1) is 13.4. The Labute approximate surface area is 119 Å². The molecular weight excluding hydrogens is 262 g/mol. The first-order chi connectivity index (χ1) is 9.24. The van der Waals surface area contributed by atoms with Crippen molar-refractivity contribution in [3.63, 3.8) is 0 Å². The average molecular weight is 284 g/mol. The van der Waals surface area contributed by atoms with E-state index in [0.29, 0.717) is 17.1 Å². The van der Waals surface area contributed by atoms with Crippen molar-refractivity contribution in [2.24, 2.45) is 0 Å². The zero-order chi connectivity index (χ0) is 13.2. The largest absolute Gasteiger partial charge is 0.391 e. The topological polar surface area (TPSA) is 41.3 Å². The smallest absolute Gasteiger partial charge is 0.0785 e. The quantitative estimate of drug-likeness (QED) is 0.907. The van der Waals surface area contributed by atoms with Crippen LogP contribution in [-0.2, 0) is 0 Å². The van der Waals surface area contributed by atoms with Crippen LogP contribution in [0.1, 0.15) is 44.6 Å². The van der Waals surface area contributed by atoms with Crippen molar-refractivity contribution in [1.29, 1.82) is 0 Å². The number of halogens is 1. The van der Waals surface area contributed by atoms with Gasteiger partial charge in [-0.05, 0) is 25.7 Å². The van der Waals surface area contributed by atoms with E-state index in [4.69, 9.17) is 11.6 Å². The van der Waals surface area contributed by atoms with E-state index >= 15 is 0 Å². The fourth-order valence-electron chi connectivity index (χ4n) is 3.51. The number of likely N-dealkylation sites (tertiary alicyclic amines) is 1. The van der Waals surface area contributed by atoms with E-state index in [1.165, 1.54) is 12.8 Å². The second-order valence-corrected chi connectivity index (χ2v) is 6.26. The molecule has 0 amide bonds. The van der Waals surface area contributed by atoms with E-state index in [-0.39, 0.29) is 6.10 Å². The van der Waals surface area contributed by atoms with Crippen LogP contribution >= 0.6 is 11.6 Å². The van der Waals surface area contributed by atoms with Gasteiger partial charge in [0.2, 0.25) is 0 Å². The maximum absolute atomic E-state index is 10.1. The zero-order valence-corrected chi connectivity index (χ0v) is 12.0. The summed E-state index contributed by atoms with van der Waals surface area (Å²) >= 11 is 5.92. The van der Waals surface area contributed by atoms with Crippen LogP contribution in [0.2, 0.25) is 5.02 Å². The first-order valence-electron chi connectivity index (χ1n) is 7.36. The first-order valence-corrected chi connectivity index (χ1v) is 7.73. The lowest BCUT2D eigenvalue weighted by molar-refractivity contribution is 0.00428. The van der Waals surface area contributed by atoms with Gasteiger partial charge in [0.05, 0.1) is 23.4 Å². The van der Waals surface area contributed by atoms with E-state index in [1.807, 2.05) is 10.9 Å². The van der Waals surface area contributed by atoms with Crippen molar-refractivity contribution < 1.29 is 5.11 Å². The van der Waals surface area contributed by atoms with Crippen LogP contribution in [0.4, 0.5) is 0 Å². The Kier molecular flexibility index (Phi) is 4.10. The predicted molar refractivity (Wildman–Crippen MR) is 75.3 cm³/mol. The SMILES string of the molecule is OC1CCCCC1N1CCC(n2cc(Cl)cn2)CC1. The van der Waals surface area contributed by atoms with Crippen LogP contribution in [-0.4, -0.2) is 45.0 Å². The van der Waals surface area contributed by atoms with Gasteiger partial charge in [-0.25, -0.2) is 0 Å². The standard InChI is InChI=1S/C14H22ClN3O/c15-11-9-16-18(10-11)12-5-7-17(8-6-12)13-3-1-2-4-14(13)19/h9-10,12-14,19H,1-8H2. The van der Waals surface area contributed by atoms with Crippen molar-refractivity contribution in [2.75, 3.05) is 13.1 Å². The van der Waals surface area contributed by atoms with Gasteiger partial charge in [0.25, 0.3) is 0 Å². The maximum Gasteiger partial charge on any atom is 0.0785 e. The molecule has 0 radical (unpaired) electrons. The minimum absolute atomic E-state index is 0.121. The number of nitrogens with zero attached hydrogens (tertiary/aromatic N) is 3. The van der Waals surface area contributed by atoms with Crippen LogP contribution in [0.5, 0.6) is 0 Å². The summed E-state index contributed by atoms with van der Waals surface area (Å²) < 4.78 is 2.00. The lowest BCUT2D eigenvalue weighted by Gasteiger charge is -2.41. The summed E-state index contributed by atoms with van der Waals surface area (Å²) in [5, 5.41) is 15.2. The molecule has 1 aliphatic carbocycles. The number of rotatable bonds is 2. The van der Waals surface area contributed by atoms with Gasteiger partial charge in [0.15, 0.2) is 0 Å². The molecule has 1 aromatic rings. The molecule has 1 saturated carbocycles. The second kappa shape index (κ2) is 5.81. The molecule has 1 aliphatic heterocycles.